The maximum atomic E-state index is 5.25. The number of thiophene rings is 1. The molecular formula is C11H9BrN2OS. The first kappa shape index (κ1) is 10.1. The number of nitrogens with zero attached hydrogens (tertiary/aromatic N) is 2. The summed E-state index contributed by atoms with van der Waals surface area (Å²) in [4.78, 5) is 6.44. The summed E-state index contributed by atoms with van der Waals surface area (Å²) < 4.78 is 2.14. The fourth-order valence-electron chi connectivity index (χ4n) is 1.80. The van der Waals surface area contributed by atoms with Crippen molar-refractivity contribution in [3.8, 4) is 5.69 Å². The van der Waals surface area contributed by atoms with Gasteiger partial charge in [0.25, 0.3) is 0 Å². The van der Waals surface area contributed by atoms with E-state index in [1.165, 1.54) is 10.6 Å². The van der Waals surface area contributed by atoms with Crippen LogP contribution >= 0.6 is 27.3 Å². The van der Waals surface area contributed by atoms with Gasteiger partial charge in [0.15, 0.2) is 0 Å². The number of rotatable bonds is 3. The molecule has 3 nitrogen and oxygen atoms in total. The minimum atomic E-state index is 0.588. The summed E-state index contributed by atoms with van der Waals surface area (Å²) >= 11 is 5.01. The molecule has 0 aromatic carbocycles. The van der Waals surface area contributed by atoms with Gasteiger partial charge in [-0.3, -0.25) is 0 Å². The van der Waals surface area contributed by atoms with Gasteiger partial charge < -0.3 is 9.40 Å². The van der Waals surface area contributed by atoms with E-state index < -0.39 is 0 Å². The molecule has 1 aliphatic rings. The van der Waals surface area contributed by atoms with Crippen LogP contribution in [0.25, 0.3) is 5.69 Å². The molecule has 16 heavy (non-hydrogen) atoms. The summed E-state index contributed by atoms with van der Waals surface area (Å²) in [5, 5.41) is 7.09. The Morgan fingerprint density at radius 1 is 1.44 bits per heavy atom. The quantitative estimate of drug-likeness (QED) is 0.415. The molecule has 3 heterocycles. The van der Waals surface area contributed by atoms with E-state index >= 15 is 0 Å². The monoisotopic (exact) mass is 296 g/mol. The van der Waals surface area contributed by atoms with E-state index in [2.05, 4.69) is 43.2 Å². The second-order valence-electron chi connectivity index (χ2n) is 3.36. The van der Waals surface area contributed by atoms with Gasteiger partial charge in [-0.2, -0.15) is 0 Å². The summed E-state index contributed by atoms with van der Waals surface area (Å²) in [6.07, 6.45) is 2.05. The molecule has 0 unspecified atom stereocenters. The first-order valence-corrected chi connectivity index (χ1v) is 6.94. The van der Waals surface area contributed by atoms with Crippen molar-refractivity contribution in [2.75, 3.05) is 11.9 Å². The highest BCUT2D eigenvalue weighted by Gasteiger charge is 2.26. The molecule has 2 aromatic heterocycles. The summed E-state index contributed by atoms with van der Waals surface area (Å²) in [6.45, 7) is 0.588. The van der Waals surface area contributed by atoms with Crippen molar-refractivity contribution >= 4 is 33.0 Å². The molecule has 82 valence electrons. The summed E-state index contributed by atoms with van der Waals surface area (Å²) in [7, 11) is 0. The Hall–Kier alpha value is -1.07. The highest BCUT2D eigenvalue weighted by atomic mass is 79.9. The predicted octanol–water partition coefficient (Wildman–Crippen LogP) is 3.02. The van der Waals surface area contributed by atoms with Crippen molar-refractivity contribution in [1.29, 1.82) is 0 Å². The SMILES string of the molecule is BrCCON=C1c2sccc2-n2cccc21. The first-order chi connectivity index (χ1) is 7.92. The fraction of sp³-hybridized carbons (Fsp3) is 0.182. The van der Waals surface area contributed by atoms with Gasteiger partial charge in [0, 0.05) is 11.5 Å². The van der Waals surface area contributed by atoms with Crippen LogP contribution in [0.3, 0.4) is 0 Å². The second kappa shape index (κ2) is 4.07. The van der Waals surface area contributed by atoms with E-state index in [0.29, 0.717) is 6.61 Å². The maximum Gasteiger partial charge on any atom is 0.146 e. The molecule has 0 radical (unpaired) electrons. The molecule has 0 atom stereocenters. The van der Waals surface area contributed by atoms with Crippen LogP contribution in [0.4, 0.5) is 0 Å². The van der Waals surface area contributed by atoms with Crippen LogP contribution in [0, 0.1) is 0 Å². The maximum absolute atomic E-state index is 5.25. The van der Waals surface area contributed by atoms with Crippen LogP contribution in [-0.2, 0) is 4.84 Å². The molecule has 0 amide bonds. The number of alkyl halides is 1. The standard InChI is InChI=1S/C11H9BrN2OS/c12-4-6-15-13-10-8-2-1-5-14(8)9-3-7-16-11(9)10/h1-3,5,7H,4,6H2. The van der Waals surface area contributed by atoms with E-state index in [1.54, 1.807) is 11.3 Å². The molecule has 0 N–H and O–H groups in total. The lowest BCUT2D eigenvalue weighted by atomic mass is 10.2. The number of halogens is 1. The lowest BCUT2D eigenvalue weighted by Gasteiger charge is -1.98. The number of hydrogen-bond acceptors (Lipinski definition) is 3. The van der Waals surface area contributed by atoms with Crippen molar-refractivity contribution < 1.29 is 4.84 Å². The van der Waals surface area contributed by atoms with Crippen LogP contribution in [0.1, 0.15) is 10.6 Å². The highest BCUT2D eigenvalue weighted by molar-refractivity contribution is 9.09. The molecule has 0 bridgehead atoms. The zero-order chi connectivity index (χ0) is 11.0. The highest BCUT2D eigenvalue weighted by Crippen LogP contribution is 2.32. The molecular weight excluding hydrogens is 288 g/mol. The lowest BCUT2D eigenvalue weighted by molar-refractivity contribution is 0.162. The summed E-state index contributed by atoms with van der Waals surface area (Å²) in [5.41, 5.74) is 3.25. The van der Waals surface area contributed by atoms with Crippen LogP contribution < -0.4 is 0 Å². The van der Waals surface area contributed by atoms with E-state index in [0.717, 1.165) is 16.7 Å². The van der Waals surface area contributed by atoms with E-state index in [1.807, 2.05) is 12.3 Å². The average molecular weight is 297 g/mol. The minimum Gasteiger partial charge on any atom is -0.394 e. The third-order valence-electron chi connectivity index (χ3n) is 2.43. The first-order valence-electron chi connectivity index (χ1n) is 4.93. The lowest BCUT2D eigenvalue weighted by Crippen LogP contribution is -2.00. The van der Waals surface area contributed by atoms with Gasteiger partial charge >= 0.3 is 0 Å². The molecule has 0 fully saturated rings. The molecule has 0 saturated heterocycles. The largest absolute Gasteiger partial charge is 0.394 e. The zero-order valence-corrected chi connectivity index (χ0v) is 10.8. The Kier molecular flexibility index (Phi) is 2.57. The molecule has 3 rings (SSSR count). The molecule has 5 heteroatoms. The van der Waals surface area contributed by atoms with Crippen molar-refractivity contribution in [3.05, 3.63) is 40.3 Å². The smallest absolute Gasteiger partial charge is 0.146 e. The predicted molar refractivity (Wildman–Crippen MR) is 69.0 cm³/mol. The van der Waals surface area contributed by atoms with Gasteiger partial charge in [0.1, 0.15) is 12.3 Å². The normalized spacial score (nSPS) is 15.2. The van der Waals surface area contributed by atoms with E-state index in [-0.39, 0.29) is 0 Å². The van der Waals surface area contributed by atoms with Gasteiger partial charge in [0.05, 0.1) is 16.3 Å². The van der Waals surface area contributed by atoms with E-state index in [9.17, 15) is 0 Å². The Balaban J connectivity index is 2.04. The number of aromatic nitrogens is 1. The second-order valence-corrected chi connectivity index (χ2v) is 5.07. The molecule has 0 aliphatic carbocycles. The van der Waals surface area contributed by atoms with Crippen LogP contribution in [0.15, 0.2) is 34.9 Å². The van der Waals surface area contributed by atoms with Gasteiger partial charge in [-0.1, -0.05) is 21.1 Å². The fourth-order valence-corrected chi connectivity index (χ4v) is 2.82. The number of oxime groups is 1. The minimum absolute atomic E-state index is 0.588. The average Bonchev–Trinajstić information content (AvgIpc) is 2.93. The third-order valence-corrected chi connectivity index (χ3v) is 3.67. The van der Waals surface area contributed by atoms with Crippen molar-refractivity contribution in [1.82, 2.24) is 4.57 Å². The Labute approximate surface area is 105 Å². The number of fused-ring (bicyclic) bond motifs is 3. The molecule has 0 spiro atoms. The topological polar surface area (TPSA) is 26.5 Å². The molecule has 2 aromatic rings. The Morgan fingerprint density at radius 3 is 3.25 bits per heavy atom. The van der Waals surface area contributed by atoms with Gasteiger partial charge in [-0.05, 0) is 23.6 Å². The van der Waals surface area contributed by atoms with E-state index in [4.69, 9.17) is 4.84 Å². The van der Waals surface area contributed by atoms with Gasteiger partial charge in [0.2, 0.25) is 0 Å². The number of hydrogen-bond donors (Lipinski definition) is 0. The molecule has 1 aliphatic heterocycles. The van der Waals surface area contributed by atoms with Crippen LogP contribution in [-0.4, -0.2) is 22.2 Å². The summed E-state index contributed by atoms with van der Waals surface area (Å²) in [5.74, 6) is 0. The summed E-state index contributed by atoms with van der Waals surface area (Å²) in [6, 6.07) is 6.19. The third kappa shape index (κ3) is 1.43. The van der Waals surface area contributed by atoms with Crippen molar-refractivity contribution in [2.45, 2.75) is 0 Å². The van der Waals surface area contributed by atoms with Crippen molar-refractivity contribution in [3.63, 3.8) is 0 Å². The van der Waals surface area contributed by atoms with Crippen molar-refractivity contribution in [2.24, 2.45) is 5.16 Å². The van der Waals surface area contributed by atoms with Gasteiger partial charge in [-0.25, -0.2) is 0 Å². The Morgan fingerprint density at radius 2 is 2.38 bits per heavy atom. The molecule has 0 saturated carbocycles. The Bertz CT molecular complexity index is 501. The van der Waals surface area contributed by atoms with Crippen LogP contribution in [0.2, 0.25) is 0 Å². The zero-order valence-electron chi connectivity index (χ0n) is 8.39. The van der Waals surface area contributed by atoms with Crippen LogP contribution in [0.5, 0.6) is 0 Å². The van der Waals surface area contributed by atoms with Gasteiger partial charge in [-0.15, -0.1) is 11.3 Å².